The van der Waals surface area contributed by atoms with Gasteiger partial charge in [-0.2, -0.15) is 0 Å². The zero-order valence-corrected chi connectivity index (χ0v) is 15.1. The largest absolute Gasteiger partial charge is 0.362 e. The van der Waals surface area contributed by atoms with Crippen LogP contribution in [0.1, 0.15) is 26.3 Å². The molecule has 0 atom stereocenters. The number of hydrogen-bond donors (Lipinski definition) is 0. The fourth-order valence-corrected chi connectivity index (χ4v) is 3.64. The molecule has 0 radical (unpaired) electrons. The van der Waals surface area contributed by atoms with Gasteiger partial charge < -0.3 is 9.80 Å². The number of allylic oxidation sites excluding steroid dienone is 3. The number of amidine groups is 1. The lowest BCUT2D eigenvalue weighted by atomic mass is 9.83. The highest BCUT2D eigenvalue weighted by molar-refractivity contribution is 6.26. The first-order valence-electron chi connectivity index (χ1n) is 8.42. The van der Waals surface area contributed by atoms with Crippen LogP contribution in [0.15, 0.2) is 52.7 Å². The number of fused-ring (bicyclic) bond motifs is 1. The first-order valence-corrected chi connectivity index (χ1v) is 8.42. The average molecular weight is 323 g/mol. The minimum Gasteiger partial charge on any atom is -0.362 e. The third-order valence-corrected chi connectivity index (χ3v) is 4.86. The smallest absolute Gasteiger partial charge is 0.187 e. The third-order valence-electron chi connectivity index (χ3n) is 4.86. The molecule has 0 aliphatic carbocycles. The standard InChI is InChI=1S/C20H25N3O/c1-6-23-16-10-8-7-9-15(16)20(2,3)18(23)12-11-14-17(24)13-21-19(14)22(4)5/h7-12H,6,13H2,1-5H3/b14-11+,18-12-. The van der Waals surface area contributed by atoms with E-state index in [1.807, 2.05) is 25.1 Å². The molecule has 126 valence electrons. The van der Waals surface area contributed by atoms with Crippen molar-refractivity contribution in [2.24, 2.45) is 4.99 Å². The highest BCUT2D eigenvalue weighted by atomic mass is 16.1. The summed E-state index contributed by atoms with van der Waals surface area (Å²) in [5.74, 6) is 0.861. The van der Waals surface area contributed by atoms with Crippen LogP contribution in [0.3, 0.4) is 0 Å². The molecule has 0 amide bonds. The fraction of sp³-hybridized carbons (Fsp3) is 0.400. The number of ketones is 1. The second-order valence-electron chi connectivity index (χ2n) is 6.98. The number of benzene rings is 1. The number of aliphatic imine (C=N–C) groups is 1. The van der Waals surface area contributed by atoms with E-state index >= 15 is 0 Å². The maximum absolute atomic E-state index is 12.2. The SMILES string of the molecule is CCN1/C(=C\C=C2/C(=O)CN=C2N(C)C)C(C)(C)c2ccccc21. The van der Waals surface area contributed by atoms with Gasteiger partial charge in [-0.05, 0) is 30.7 Å². The van der Waals surface area contributed by atoms with Crippen molar-refractivity contribution in [3.63, 3.8) is 0 Å². The van der Waals surface area contributed by atoms with Crippen LogP contribution in [-0.4, -0.2) is 43.7 Å². The molecule has 0 bridgehead atoms. The first-order chi connectivity index (χ1) is 11.4. The van der Waals surface area contributed by atoms with Crippen molar-refractivity contribution in [1.29, 1.82) is 0 Å². The van der Waals surface area contributed by atoms with E-state index in [9.17, 15) is 4.79 Å². The van der Waals surface area contributed by atoms with Crippen LogP contribution in [-0.2, 0) is 10.2 Å². The van der Waals surface area contributed by atoms with Gasteiger partial charge in [0.05, 0.1) is 5.57 Å². The van der Waals surface area contributed by atoms with E-state index in [0.717, 1.165) is 12.4 Å². The Morgan fingerprint density at radius 3 is 2.62 bits per heavy atom. The molecular formula is C20H25N3O. The number of anilines is 1. The second kappa shape index (κ2) is 5.93. The summed E-state index contributed by atoms with van der Waals surface area (Å²) in [4.78, 5) is 20.7. The molecule has 0 fully saturated rings. The van der Waals surface area contributed by atoms with E-state index in [4.69, 9.17) is 0 Å². The topological polar surface area (TPSA) is 35.9 Å². The van der Waals surface area contributed by atoms with E-state index in [-0.39, 0.29) is 17.7 Å². The van der Waals surface area contributed by atoms with Crippen LogP contribution >= 0.6 is 0 Å². The van der Waals surface area contributed by atoms with Crippen molar-refractivity contribution in [2.75, 3.05) is 32.1 Å². The Kier molecular flexibility index (Phi) is 4.08. The number of carbonyl (C=O) groups is 1. The molecule has 0 unspecified atom stereocenters. The molecule has 0 saturated carbocycles. The zero-order valence-electron chi connectivity index (χ0n) is 15.1. The molecule has 2 aliphatic rings. The Labute approximate surface area is 144 Å². The van der Waals surface area contributed by atoms with Crippen LogP contribution in [0.4, 0.5) is 5.69 Å². The lowest BCUT2D eigenvalue weighted by Gasteiger charge is -2.26. The molecule has 24 heavy (non-hydrogen) atoms. The Hall–Kier alpha value is -2.36. The quantitative estimate of drug-likeness (QED) is 0.784. The van der Waals surface area contributed by atoms with Gasteiger partial charge in [-0.3, -0.25) is 9.79 Å². The van der Waals surface area contributed by atoms with Crippen molar-refractivity contribution < 1.29 is 4.79 Å². The summed E-state index contributed by atoms with van der Waals surface area (Å²) in [7, 11) is 3.85. The first kappa shape index (κ1) is 16.5. The summed E-state index contributed by atoms with van der Waals surface area (Å²) in [5, 5.41) is 0. The lowest BCUT2D eigenvalue weighted by Crippen LogP contribution is -2.26. The van der Waals surface area contributed by atoms with Gasteiger partial charge in [0, 0.05) is 37.4 Å². The van der Waals surface area contributed by atoms with Gasteiger partial charge in [-0.15, -0.1) is 0 Å². The average Bonchev–Trinajstić information content (AvgIpc) is 3.01. The van der Waals surface area contributed by atoms with Crippen LogP contribution < -0.4 is 4.90 Å². The number of carbonyl (C=O) groups excluding carboxylic acids is 1. The predicted molar refractivity (Wildman–Crippen MR) is 99.7 cm³/mol. The normalized spacial score (nSPS) is 22.3. The van der Waals surface area contributed by atoms with Gasteiger partial charge >= 0.3 is 0 Å². The molecule has 0 spiro atoms. The molecule has 4 nitrogen and oxygen atoms in total. The van der Waals surface area contributed by atoms with Gasteiger partial charge in [-0.1, -0.05) is 32.0 Å². The lowest BCUT2D eigenvalue weighted by molar-refractivity contribution is -0.113. The van der Waals surface area contributed by atoms with Gasteiger partial charge in [0.2, 0.25) is 0 Å². The molecule has 1 aromatic carbocycles. The zero-order chi connectivity index (χ0) is 17.5. The monoisotopic (exact) mass is 323 g/mol. The van der Waals surface area contributed by atoms with Crippen molar-refractivity contribution >= 4 is 17.3 Å². The Morgan fingerprint density at radius 2 is 1.96 bits per heavy atom. The fourth-order valence-electron chi connectivity index (χ4n) is 3.64. The van der Waals surface area contributed by atoms with Crippen LogP contribution in [0, 0.1) is 0 Å². The van der Waals surface area contributed by atoms with E-state index < -0.39 is 0 Å². The highest BCUT2D eigenvalue weighted by Crippen LogP contribution is 2.47. The molecule has 4 heteroatoms. The number of para-hydroxylation sites is 1. The van der Waals surface area contributed by atoms with Crippen LogP contribution in [0.25, 0.3) is 0 Å². The summed E-state index contributed by atoms with van der Waals surface area (Å²) < 4.78 is 0. The Balaban J connectivity index is 2.06. The molecule has 2 aliphatic heterocycles. The Bertz CT molecular complexity index is 769. The number of likely N-dealkylation sites (N-methyl/N-ethyl adjacent to an activating group) is 2. The maximum Gasteiger partial charge on any atom is 0.187 e. The predicted octanol–water partition coefficient (Wildman–Crippen LogP) is 3.16. The molecule has 1 aromatic rings. The molecule has 2 heterocycles. The van der Waals surface area contributed by atoms with Gasteiger partial charge in [0.1, 0.15) is 12.4 Å². The summed E-state index contributed by atoms with van der Waals surface area (Å²) in [6, 6.07) is 8.53. The molecule has 0 N–H and O–H groups in total. The van der Waals surface area contributed by atoms with Crippen molar-refractivity contribution in [3.05, 3.63) is 53.3 Å². The Morgan fingerprint density at radius 1 is 1.25 bits per heavy atom. The van der Waals surface area contributed by atoms with E-state index in [2.05, 4.69) is 61.0 Å². The minimum absolute atomic E-state index is 0.0826. The molecule has 3 rings (SSSR count). The highest BCUT2D eigenvalue weighted by Gasteiger charge is 2.39. The van der Waals surface area contributed by atoms with Crippen molar-refractivity contribution in [1.82, 2.24) is 4.90 Å². The molecule has 0 saturated heterocycles. The summed E-state index contributed by atoms with van der Waals surface area (Å²) in [5.41, 5.74) is 4.43. The van der Waals surface area contributed by atoms with Crippen LogP contribution in [0.5, 0.6) is 0 Å². The number of Topliss-reactive ketones (excluding diaryl/α,β-unsaturated/α-hetero) is 1. The van der Waals surface area contributed by atoms with E-state index in [0.29, 0.717) is 5.57 Å². The number of hydrogen-bond acceptors (Lipinski definition) is 4. The second-order valence-corrected chi connectivity index (χ2v) is 6.98. The van der Waals surface area contributed by atoms with Crippen LogP contribution in [0.2, 0.25) is 0 Å². The number of rotatable bonds is 2. The summed E-state index contributed by atoms with van der Waals surface area (Å²) in [6.07, 6.45) is 4.04. The molecular weight excluding hydrogens is 298 g/mol. The molecule has 0 aromatic heterocycles. The maximum atomic E-state index is 12.2. The minimum atomic E-state index is -0.0826. The van der Waals surface area contributed by atoms with Gasteiger partial charge in [0.15, 0.2) is 5.78 Å². The summed E-state index contributed by atoms with van der Waals surface area (Å²) in [6.45, 7) is 7.79. The van der Waals surface area contributed by atoms with E-state index in [1.54, 1.807) is 0 Å². The van der Waals surface area contributed by atoms with Gasteiger partial charge in [-0.25, -0.2) is 0 Å². The van der Waals surface area contributed by atoms with Crippen molar-refractivity contribution in [3.8, 4) is 0 Å². The third kappa shape index (κ3) is 2.46. The van der Waals surface area contributed by atoms with E-state index in [1.165, 1.54) is 16.9 Å². The van der Waals surface area contributed by atoms with Gasteiger partial charge in [0.25, 0.3) is 0 Å². The summed E-state index contributed by atoms with van der Waals surface area (Å²) >= 11 is 0. The van der Waals surface area contributed by atoms with Crippen molar-refractivity contribution in [2.45, 2.75) is 26.2 Å². The number of nitrogens with zero attached hydrogens (tertiary/aromatic N) is 3.